The van der Waals surface area contributed by atoms with E-state index >= 15 is 0 Å². The van der Waals surface area contributed by atoms with Crippen LogP contribution < -0.4 is 5.32 Å². The predicted octanol–water partition coefficient (Wildman–Crippen LogP) is 2.65. The molecular weight excluding hydrogens is 360 g/mol. The summed E-state index contributed by atoms with van der Waals surface area (Å²) in [5.74, 6) is 0.218. The summed E-state index contributed by atoms with van der Waals surface area (Å²) < 4.78 is 0. The Morgan fingerprint density at radius 2 is 1.61 bits per heavy atom. The summed E-state index contributed by atoms with van der Waals surface area (Å²) in [5.41, 5.74) is 0.538. The van der Waals surface area contributed by atoms with Gasteiger partial charge in [0.1, 0.15) is 0 Å². The second-order valence-electron chi connectivity index (χ2n) is 7.64. The summed E-state index contributed by atoms with van der Waals surface area (Å²) in [5, 5.41) is 13.4. The number of nitrogens with one attached hydrogen (secondary N) is 1. The number of likely N-dealkylation sites (tertiary alicyclic amines) is 2. The van der Waals surface area contributed by atoms with Gasteiger partial charge in [0.15, 0.2) is 0 Å². The fourth-order valence-corrected chi connectivity index (χ4v) is 3.96. The minimum absolute atomic E-state index is 0.00542. The Labute approximate surface area is 165 Å². The van der Waals surface area contributed by atoms with E-state index in [9.17, 15) is 19.7 Å². The van der Waals surface area contributed by atoms with E-state index in [-0.39, 0.29) is 30.0 Å². The molecule has 8 nitrogen and oxygen atoms in total. The molecular formula is C20H28N4O4. The highest BCUT2D eigenvalue weighted by Crippen LogP contribution is 2.22. The van der Waals surface area contributed by atoms with E-state index in [2.05, 4.69) is 10.2 Å². The molecule has 0 spiro atoms. The van der Waals surface area contributed by atoms with Crippen LogP contribution in [0.4, 0.5) is 11.4 Å². The summed E-state index contributed by atoms with van der Waals surface area (Å²) in [6.45, 7) is 3.50. The smallest absolute Gasteiger partial charge is 0.269 e. The van der Waals surface area contributed by atoms with Crippen LogP contribution in [0.5, 0.6) is 0 Å². The molecule has 0 radical (unpaired) electrons. The first-order valence-electron chi connectivity index (χ1n) is 10.1. The molecule has 1 aromatic carbocycles. The molecule has 2 amide bonds. The topological polar surface area (TPSA) is 95.8 Å². The van der Waals surface area contributed by atoms with Crippen molar-refractivity contribution >= 4 is 23.2 Å². The van der Waals surface area contributed by atoms with Gasteiger partial charge in [0.25, 0.3) is 5.69 Å². The van der Waals surface area contributed by atoms with Crippen molar-refractivity contribution in [2.45, 2.75) is 38.5 Å². The molecule has 1 N–H and O–H groups in total. The highest BCUT2D eigenvalue weighted by molar-refractivity contribution is 5.92. The number of amides is 2. The summed E-state index contributed by atoms with van der Waals surface area (Å²) in [6, 6.07) is 5.80. The number of nitrogens with zero attached hydrogens (tertiary/aromatic N) is 3. The molecule has 0 bridgehead atoms. The zero-order chi connectivity index (χ0) is 19.9. The maximum Gasteiger partial charge on any atom is 0.269 e. The highest BCUT2D eigenvalue weighted by atomic mass is 16.6. The minimum atomic E-state index is -0.470. The molecule has 8 heteroatoms. The molecule has 0 aromatic heterocycles. The number of hydrogen-bond donors (Lipinski definition) is 1. The molecule has 2 aliphatic rings. The molecule has 2 saturated heterocycles. The average Bonchev–Trinajstić information content (AvgIpc) is 2.98. The van der Waals surface area contributed by atoms with Crippen LogP contribution >= 0.6 is 0 Å². The van der Waals surface area contributed by atoms with Crippen LogP contribution in [0.2, 0.25) is 0 Å². The lowest BCUT2D eigenvalue weighted by Gasteiger charge is -2.33. The van der Waals surface area contributed by atoms with E-state index in [0.717, 1.165) is 51.9 Å². The number of nitro benzene ring substituents is 1. The van der Waals surface area contributed by atoms with Crippen LogP contribution in [-0.4, -0.2) is 59.3 Å². The van der Waals surface area contributed by atoms with Gasteiger partial charge in [-0.2, -0.15) is 0 Å². The van der Waals surface area contributed by atoms with Crippen LogP contribution in [0.1, 0.15) is 38.5 Å². The van der Waals surface area contributed by atoms with E-state index in [0.29, 0.717) is 5.69 Å². The van der Waals surface area contributed by atoms with Gasteiger partial charge in [0.05, 0.1) is 11.5 Å². The first-order chi connectivity index (χ1) is 13.5. The second-order valence-corrected chi connectivity index (χ2v) is 7.64. The van der Waals surface area contributed by atoms with Crippen LogP contribution in [0, 0.1) is 16.0 Å². The van der Waals surface area contributed by atoms with Crippen LogP contribution in [-0.2, 0) is 9.59 Å². The van der Waals surface area contributed by atoms with Crippen molar-refractivity contribution in [3.63, 3.8) is 0 Å². The molecule has 2 fully saturated rings. The number of piperidine rings is 1. The summed E-state index contributed by atoms with van der Waals surface area (Å²) in [7, 11) is 0. The average molecular weight is 388 g/mol. The van der Waals surface area contributed by atoms with Crippen molar-refractivity contribution in [3.05, 3.63) is 34.4 Å². The Morgan fingerprint density at radius 1 is 1.00 bits per heavy atom. The molecule has 28 heavy (non-hydrogen) atoms. The van der Waals surface area contributed by atoms with Crippen molar-refractivity contribution in [2.75, 3.05) is 38.0 Å². The van der Waals surface area contributed by atoms with E-state index in [1.807, 2.05) is 4.90 Å². The van der Waals surface area contributed by atoms with Gasteiger partial charge >= 0.3 is 0 Å². The van der Waals surface area contributed by atoms with E-state index in [1.54, 1.807) is 0 Å². The fraction of sp³-hybridized carbons (Fsp3) is 0.600. The summed E-state index contributed by atoms with van der Waals surface area (Å²) >= 11 is 0. The summed E-state index contributed by atoms with van der Waals surface area (Å²) in [4.78, 5) is 39.3. The Hall–Kier alpha value is -2.48. The lowest BCUT2D eigenvalue weighted by atomic mass is 9.95. The van der Waals surface area contributed by atoms with E-state index in [4.69, 9.17) is 0 Å². The quantitative estimate of drug-likeness (QED) is 0.618. The van der Waals surface area contributed by atoms with Crippen molar-refractivity contribution in [3.8, 4) is 0 Å². The first kappa shape index (κ1) is 20.3. The van der Waals surface area contributed by atoms with Gasteiger partial charge < -0.3 is 10.2 Å². The predicted molar refractivity (Wildman–Crippen MR) is 106 cm³/mol. The maximum absolute atomic E-state index is 12.7. The number of hydrogen-bond acceptors (Lipinski definition) is 5. The molecule has 2 heterocycles. The van der Waals surface area contributed by atoms with Crippen LogP contribution in [0.3, 0.4) is 0 Å². The number of carbonyl (C=O) groups is 2. The minimum Gasteiger partial charge on any atom is -0.342 e. The van der Waals surface area contributed by atoms with Gasteiger partial charge in [0, 0.05) is 36.8 Å². The van der Waals surface area contributed by atoms with Gasteiger partial charge in [-0.15, -0.1) is 0 Å². The lowest BCUT2D eigenvalue weighted by molar-refractivity contribution is -0.384. The normalized spacial score (nSPS) is 19.1. The second kappa shape index (κ2) is 9.64. The number of non-ortho nitro benzene ring substituents is 1. The van der Waals surface area contributed by atoms with E-state index < -0.39 is 4.92 Å². The van der Waals surface area contributed by atoms with Crippen molar-refractivity contribution in [2.24, 2.45) is 5.92 Å². The molecule has 0 unspecified atom stereocenters. The van der Waals surface area contributed by atoms with Crippen LogP contribution in [0.25, 0.3) is 0 Å². The third kappa shape index (κ3) is 5.51. The molecule has 1 aromatic rings. The van der Waals surface area contributed by atoms with Gasteiger partial charge in [0.2, 0.25) is 11.8 Å². The zero-order valence-corrected chi connectivity index (χ0v) is 16.1. The van der Waals surface area contributed by atoms with Gasteiger partial charge in [-0.1, -0.05) is 12.8 Å². The SMILES string of the molecule is O=C(CN1CCC(C(=O)N2CCCCCC2)CC1)Nc1ccc([N+](=O)[O-])cc1. The number of carbonyl (C=O) groups excluding carboxylic acids is 2. The Bertz CT molecular complexity index is 691. The Kier molecular flexibility index (Phi) is 6.97. The van der Waals surface area contributed by atoms with Crippen LogP contribution in [0.15, 0.2) is 24.3 Å². The first-order valence-corrected chi connectivity index (χ1v) is 10.1. The number of rotatable bonds is 5. The molecule has 0 saturated carbocycles. The Morgan fingerprint density at radius 3 is 2.18 bits per heavy atom. The van der Waals surface area contributed by atoms with Gasteiger partial charge in [-0.3, -0.25) is 24.6 Å². The van der Waals surface area contributed by atoms with Gasteiger partial charge in [-0.05, 0) is 50.9 Å². The standard InChI is InChI=1S/C20H28N4O4/c25-19(21-17-5-7-18(8-6-17)24(27)28)15-22-13-9-16(10-14-22)20(26)23-11-3-1-2-4-12-23/h5-8,16H,1-4,9-15H2,(H,21,25). The van der Waals surface area contributed by atoms with Crippen molar-refractivity contribution < 1.29 is 14.5 Å². The molecule has 152 valence electrons. The van der Waals surface area contributed by atoms with Gasteiger partial charge in [-0.25, -0.2) is 0 Å². The zero-order valence-electron chi connectivity index (χ0n) is 16.1. The Balaban J connectivity index is 1.42. The monoisotopic (exact) mass is 388 g/mol. The molecule has 2 aliphatic heterocycles. The number of benzene rings is 1. The third-order valence-electron chi connectivity index (χ3n) is 5.58. The molecule has 0 atom stereocenters. The highest BCUT2D eigenvalue weighted by Gasteiger charge is 2.29. The molecule has 3 rings (SSSR count). The lowest BCUT2D eigenvalue weighted by Crippen LogP contribution is -2.44. The fourth-order valence-electron chi connectivity index (χ4n) is 3.96. The molecule has 0 aliphatic carbocycles. The maximum atomic E-state index is 12.7. The number of anilines is 1. The van der Waals surface area contributed by atoms with Crippen molar-refractivity contribution in [1.82, 2.24) is 9.80 Å². The number of nitro groups is 1. The van der Waals surface area contributed by atoms with E-state index in [1.165, 1.54) is 37.1 Å². The largest absolute Gasteiger partial charge is 0.342 e. The van der Waals surface area contributed by atoms with Crippen molar-refractivity contribution in [1.29, 1.82) is 0 Å². The third-order valence-corrected chi connectivity index (χ3v) is 5.58. The summed E-state index contributed by atoms with van der Waals surface area (Å²) in [6.07, 6.45) is 6.22.